The minimum absolute atomic E-state index is 0.0736. The van der Waals surface area contributed by atoms with Gasteiger partial charge in [-0.15, -0.1) is 0 Å². The number of non-ortho nitro benzene ring substituents is 1. The molecule has 4 rings (SSSR count). The number of methoxy groups -OCH3 is 3. The average Bonchev–Trinajstić information content (AvgIpc) is 2.91. The van der Waals surface area contributed by atoms with Crippen molar-refractivity contribution in [3.8, 4) is 17.2 Å². The summed E-state index contributed by atoms with van der Waals surface area (Å²) < 4.78 is 21.9. The van der Waals surface area contributed by atoms with Crippen LogP contribution in [0.3, 0.4) is 0 Å². The number of benzene rings is 2. The van der Waals surface area contributed by atoms with E-state index in [4.69, 9.17) is 24.7 Å². The van der Waals surface area contributed by atoms with Crippen LogP contribution in [0, 0.1) is 10.1 Å². The van der Waals surface area contributed by atoms with E-state index in [9.17, 15) is 19.7 Å². The fraction of sp³-hybridized carbons (Fsp3) is 0.333. The van der Waals surface area contributed by atoms with Gasteiger partial charge in [-0.2, -0.15) is 0 Å². The monoisotopic (exact) mass is 523 g/mol. The molecule has 0 saturated heterocycles. The number of nitrogens with two attached hydrogens (primary N) is 1. The van der Waals surface area contributed by atoms with Crippen LogP contribution >= 0.6 is 0 Å². The molecule has 11 nitrogen and oxygen atoms in total. The molecule has 2 aromatic rings. The van der Waals surface area contributed by atoms with Crippen molar-refractivity contribution in [2.45, 2.75) is 32.1 Å². The number of rotatable bonds is 8. The van der Waals surface area contributed by atoms with Gasteiger partial charge >= 0.3 is 5.97 Å². The van der Waals surface area contributed by atoms with Gasteiger partial charge in [0, 0.05) is 35.5 Å². The van der Waals surface area contributed by atoms with Crippen molar-refractivity contribution in [3.63, 3.8) is 0 Å². The Kier molecular flexibility index (Phi) is 7.56. The summed E-state index contributed by atoms with van der Waals surface area (Å²) in [6.07, 6.45) is 1.39. The first kappa shape index (κ1) is 26.5. The highest BCUT2D eigenvalue weighted by Crippen LogP contribution is 2.50. The maximum atomic E-state index is 13.5. The number of ether oxygens (including phenoxy) is 4. The molecule has 1 aliphatic carbocycles. The van der Waals surface area contributed by atoms with Crippen LogP contribution in [0.5, 0.6) is 17.2 Å². The summed E-state index contributed by atoms with van der Waals surface area (Å²) in [7, 11) is 4.44. The number of carbonyl (C=O) groups excluding carboxylic acids is 2. The lowest BCUT2D eigenvalue weighted by Crippen LogP contribution is -2.41. The highest BCUT2D eigenvalue weighted by molar-refractivity contribution is 6.05. The van der Waals surface area contributed by atoms with E-state index in [1.54, 1.807) is 24.0 Å². The fourth-order valence-corrected chi connectivity index (χ4v) is 5.02. The summed E-state index contributed by atoms with van der Waals surface area (Å²) in [5, 5.41) is 11.2. The zero-order valence-electron chi connectivity index (χ0n) is 21.6. The number of carbonyl (C=O) groups is 2. The van der Waals surface area contributed by atoms with E-state index < -0.39 is 16.8 Å². The summed E-state index contributed by atoms with van der Waals surface area (Å²) in [4.78, 5) is 39.3. The molecule has 2 aromatic carbocycles. The molecule has 2 aliphatic rings. The number of nitro benzene ring substituents is 1. The van der Waals surface area contributed by atoms with E-state index in [0.29, 0.717) is 59.0 Å². The molecule has 38 heavy (non-hydrogen) atoms. The smallest absolute Gasteiger partial charge is 0.338 e. The quantitative estimate of drug-likeness (QED) is 0.307. The first-order valence-electron chi connectivity index (χ1n) is 12.0. The molecule has 200 valence electrons. The predicted molar refractivity (Wildman–Crippen MR) is 138 cm³/mol. The fourth-order valence-electron chi connectivity index (χ4n) is 5.02. The molecule has 1 heterocycles. The SMILES string of the molecule is CCOC(=O)C1=C(N)N(c2ccc([N+](=O)[O-])cc2)C2=C(C(=O)CCC2)[C@H]1c1cc(OC)c(OC)c(OC)c1. The maximum absolute atomic E-state index is 13.5. The number of nitro groups is 1. The normalized spacial score (nSPS) is 17.2. The number of allylic oxidation sites excluding steroid dienone is 2. The highest BCUT2D eigenvalue weighted by Gasteiger charge is 2.43. The standard InChI is InChI=1S/C27H29N3O8/c1-5-38-27(32)24-22(15-13-20(35-2)25(37-4)21(14-15)36-3)23-18(7-6-8-19(23)31)29(26(24)28)16-9-11-17(12-10-16)30(33)34/h9-14,22H,5-8,28H2,1-4H3/t22-/m1/s1. The van der Waals surface area contributed by atoms with Gasteiger partial charge in [0.05, 0.1) is 44.4 Å². The molecule has 0 fully saturated rings. The molecular weight excluding hydrogens is 494 g/mol. The summed E-state index contributed by atoms with van der Waals surface area (Å²) in [5.41, 5.74) is 8.74. The third-order valence-corrected chi connectivity index (χ3v) is 6.63. The molecule has 1 aliphatic heterocycles. The van der Waals surface area contributed by atoms with Crippen LogP contribution in [0.2, 0.25) is 0 Å². The van der Waals surface area contributed by atoms with E-state index in [1.807, 2.05) is 0 Å². The maximum Gasteiger partial charge on any atom is 0.338 e. The van der Waals surface area contributed by atoms with Crippen LogP contribution < -0.4 is 24.8 Å². The highest BCUT2D eigenvalue weighted by atomic mass is 16.6. The van der Waals surface area contributed by atoms with Crippen molar-refractivity contribution in [2.75, 3.05) is 32.8 Å². The first-order valence-corrected chi connectivity index (χ1v) is 12.0. The van der Waals surface area contributed by atoms with Crippen LogP contribution in [0.4, 0.5) is 11.4 Å². The summed E-state index contributed by atoms with van der Waals surface area (Å²) >= 11 is 0. The Morgan fingerprint density at radius 3 is 2.24 bits per heavy atom. The topological polar surface area (TPSA) is 143 Å². The number of Topliss-reactive ketones (excluding diaryl/α,β-unsaturated/α-hetero) is 1. The van der Waals surface area contributed by atoms with Gasteiger partial charge in [0.2, 0.25) is 5.75 Å². The lowest BCUT2D eigenvalue weighted by molar-refractivity contribution is -0.384. The van der Waals surface area contributed by atoms with Crippen LogP contribution in [0.1, 0.15) is 37.7 Å². The lowest BCUT2D eigenvalue weighted by atomic mass is 9.75. The van der Waals surface area contributed by atoms with Crippen molar-refractivity contribution >= 4 is 23.1 Å². The Morgan fingerprint density at radius 2 is 1.71 bits per heavy atom. The van der Waals surface area contributed by atoms with Gasteiger partial charge in [-0.05, 0) is 49.6 Å². The summed E-state index contributed by atoms with van der Waals surface area (Å²) in [6, 6.07) is 9.15. The molecule has 0 unspecified atom stereocenters. The van der Waals surface area contributed by atoms with Crippen molar-refractivity contribution < 1.29 is 33.5 Å². The van der Waals surface area contributed by atoms with Gasteiger partial charge in [0.1, 0.15) is 5.82 Å². The van der Waals surface area contributed by atoms with E-state index in [2.05, 4.69) is 0 Å². The molecule has 0 radical (unpaired) electrons. The Hall–Kier alpha value is -4.54. The Labute approximate surface area is 219 Å². The summed E-state index contributed by atoms with van der Waals surface area (Å²) in [5.74, 6) is -0.532. The zero-order chi connectivity index (χ0) is 27.6. The predicted octanol–water partition coefficient (Wildman–Crippen LogP) is 3.96. The molecule has 0 saturated carbocycles. The number of ketones is 1. The number of esters is 1. The van der Waals surface area contributed by atoms with E-state index in [0.717, 1.165) is 0 Å². The molecule has 2 N–H and O–H groups in total. The molecule has 0 bridgehead atoms. The molecule has 0 spiro atoms. The van der Waals surface area contributed by atoms with Gasteiger partial charge in [-0.1, -0.05) is 0 Å². The molecule has 0 amide bonds. The molecule has 11 heteroatoms. The van der Waals surface area contributed by atoms with E-state index >= 15 is 0 Å². The molecule has 0 aromatic heterocycles. The lowest BCUT2D eigenvalue weighted by Gasteiger charge is -2.40. The Morgan fingerprint density at radius 1 is 1.08 bits per heavy atom. The third-order valence-electron chi connectivity index (χ3n) is 6.63. The summed E-state index contributed by atoms with van der Waals surface area (Å²) in [6.45, 7) is 1.77. The van der Waals surface area contributed by atoms with E-state index in [1.165, 1.54) is 45.6 Å². The van der Waals surface area contributed by atoms with Crippen LogP contribution in [0.25, 0.3) is 0 Å². The van der Waals surface area contributed by atoms with Gasteiger partial charge in [-0.25, -0.2) is 4.79 Å². The first-order chi connectivity index (χ1) is 18.3. The largest absolute Gasteiger partial charge is 0.493 e. The number of anilines is 1. The van der Waals surface area contributed by atoms with Gasteiger partial charge in [0.15, 0.2) is 17.3 Å². The molecule has 1 atom stereocenters. The second-order valence-corrected chi connectivity index (χ2v) is 8.66. The number of hydrogen-bond acceptors (Lipinski definition) is 10. The average molecular weight is 524 g/mol. The third kappa shape index (κ3) is 4.51. The van der Waals surface area contributed by atoms with Gasteiger partial charge in [0.25, 0.3) is 5.69 Å². The van der Waals surface area contributed by atoms with Crippen LogP contribution in [-0.2, 0) is 14.3 Å². The van der Waals surface area contributed by atoms with Crippen molar-refractivity contribution in [2.24, 2.45) is 5.73 Å². The van der Waals surface area contributed by atoms with Crippen molar-refractivity contribution in [1.82, 2.24) is 0 Å². The van der Waals surface area contributed by atoms with Gasteiger partial charge in [-0.3, -0.25) is 19.8 Å². The minimum atomic E-state index is -0.861. The molecular formula is C27H29N3O8. The van der Waals surface area contributed by atoms with E-state index in [-0.39, 0.29) is 29.5 Å². The zero-order valence-corrected chi connectivity index (χ0v) is 21.6. The van der Waals surface area contributed by atoms with Gasteiger partial charge < -0.3 is 24.7 Å². The number of hydrogen-bond donors (Lipinski definition) is 1. The number of nitrogens with zero attached hydrogens (tertiary/aromatic N) is 2. The van der Waals surface area contributed by atoms with Crippen LogP contribution in [-0.4, -0.2) is 44.6 Å². The van der Waals surface area contributed by atoms with Crippen molar-refractivity contribution in [3.05, 3.63) is 74.7 Å². The second kappa shape index (κ2) is 10.8. The van der Waals surface area contributed by atoms with Crippen LogP contribution in [0.15, 0.2) is 59.1 Å². The van der Waals surface area contributed by atoms with Crippen molar-refractivity contribution in [1.29, 1.82) is 0 Å². The Bertz CT molecular complexity index is 1320. The Balaban J connectivity index is 2.01. The second-order valence-electron chi connectivity index (χ2n) is 8.66. The minimum Gasteiger partial charge on any atom is -0.493 e.